The molecule has 0 saturated heterocycles. The van der Waals surface area contributed by atoms with Crippen LogP contribution in [-0.4, -0.2) is 22.5 Å². The van der Waals surface area contributed by atoms with Crippen molar-refractivity contribution in [2.75, 3.05) is 17.2 Å². The minimum Gasteiger partial charge on any atom is -0.492 e. The number of amides is 1. The van der Waals surface area contributed by atoms with Gasteiger partial charge in [-0.3, -0.25) is 4.79 Å². The zero-order valence-corrected chi connectivity index (χ0v) is 15.6. The SMILES string of the molecule is CCOc1ccccc1NC(=O)c1ccnc(Nc2c(C)cccc2C)n1. The molecule has 6 nitrogen and oxygen atoms in total. The molecule has 0 fully saturated rings. The first-order chi connectivity index (χ1) is 13.1. The number of hydrogen-bond donors (Lipinski definition) is 2. The number of rotatable bonds is 6. The number of aryl methyl sites for hydroxylation is 2. The van der Waals surface area contributed by atoms with Crippen LogP contribution >= 0.6 is 0 Å². The van der Waals surface area contributed by atoms with Crippen LogP contribution in [0.25, 0.3) is 0 Å². The van der Waals surface area contributed by atoms with E-state index in [0.717, 1.165) is 16.8 Å². The fraction of sp³-hybridized carbons (Fsp3) is 0.190. The molecule has 1 heterocycles. The Balaban J connectivity index is 1.80. The van der Waals surface area contributed by atoms with E-state index >= 15 is 0 Å². The number of benzene rings is 2. The van der Waals surface area contributed by atoms with Gasteiger partial charge in [0.2, 0.25) is 5.95 Å². The highest BCUT2D eigenvalue weighted by atomic mass is 16.5. The van der Waals surface area contributed by atoms with E-state index in [1.165, 1.54) is 0 Å². The molecule has 0 unspecified atom stereocenters. The summed E-state index contributed by atoms with van der Waals surface area (Å²) in [4.78, 5) is 21.2. The molecule has 0 bridgehead atoms. The van der Waals surface area contributed by atoms with E-state index in [9.17, 15) is 4.79 Å². The molecule has 27 heavy (non-hydrogen) atoms. The summed E-state index contributed by atoms with van der Waals surface area (Å²) in [6.07, 6.45) is 1.56. The summed E-state index contributed by atoms with van der Waals surface area (Å²) in [5, 5.41) is 6.05. The molecule has 0 aliphatic heterocycles. The van der Waals surface area contributed by atoms with Crippen molar-refractivity contribution in [2.45, 2.75) is 20.8 Å². The van der Waals surface area contributed by atoms with Gasteiger partial charge in [0.15, 0.2) is 0 Å². The number of nitrogens with zero attached hydrogens (tertiary/aromatic N) is 2. The topological polar surface area (TPSA) is 76.1 Å². The monoisotopic (exact) mass is 362 g/mol. The largest absolute Gasteiger partial charge is 0.492 e. The molecule has 2 aromatic carbocycles. The summed E-state index contributed by atoms with van der Waals surface area (Å²) in [6.45, 7) is 6.44. The maximum atomic E-state index is 12.6. The summed E-state index contributed by atoms with van der Waals surface area (Å²) in [5.74, 6) is 0.670. The Hall–Kier alpha value is -3.41. The standard InChI is InChI=1S/C21H22N4O2/c1-4-27-18-11-6-5-10-16(18)23-20(26)17-12-13-22-21(24-17)25-19-14(2)8-7-9-15(19)3/h5-13H,4H2,1-3H3,(H,23,26)(H,22,24,25). The van der Waals surface area contributed by atoms with Gasteiger partial charge in [-0.25, -0.2) is 9.97 Å². The lowest BCUT2D eigenvalue weighted by molar-refractivity contribution is 0.102. The highest BCUT2D eigenvalue weighted by molar-refractivity contribution is 6.03. The van der Waals surface area contributed by atoms with Crippen molar-refractivity contribution in [1.29, 1.82) is 0 Å². The van der Waals surface area contributed by atoms with Crippen molar-refractivity contribution in [3.8, 4) is 5.75 Å². The van der Waals surface area contributed by atoms with Crippen molar-refractivity contribution in [1.82, 2.24) is 9.97 Å². The predicted octanol–water partition coefficient (Wildman–Crippen LogP) is 4.49. The van der Waals surface area contributed by atoms with Crippen LogP contribution in [0.15, 0.2) is 54.7 Å². The Morgan fingerprint density at radius 1 is 1.04 bits per heavy atom. The van der Waals surface area contributed by atoms with E-state index in [2.05, 4.69) is 20.6 Å². The van der Waals surface area contributed by atoms with E-state index in [-0.39, 0.29) is 11.6 Å². The molecule has 0 aliphatic carbocycles. The van der Waals surface area contributed by atoms with Crippen molar-refractivity contribution >= 4 is 23.2 Å². The van der Waals surface area contributed by atoms with Crippen molar-refractivity contribution < 1.29 is 9.53 Å². The lowest BCUT2D eigenvalue weighted by atomic mass is 10.1. The molecular weight excluding hydrogens is 340 g/mol. The Morgan fingerprint density at radius 3 is 2.52 bits per heavy atom. The van der Waals surface area contributed by atoms with Crippen LogP contribution in [0.1, 0.15) is 28.5 Å². The van der Waals surface area contributed by atoms with Crippen LogP contribution in [-0.2, 0) is 0 Å². The first-order valence-electron chi connectivity index (χ1n) is 8.78. The van der Waals surface area contributed by atoms with Gasteiger partial charge in [-0.2, -0.15) is 0 Å². The normalized spacial score (nSPS) is 10.3. The smallest absolute Gasteiger partial charge is 0.274 e. The van der Waals surface area contributed by atoms with Crippen LogP contribution in [0.4, 0.5) is 17.3 Å². The number of carbonyl (C=O) groups excluding carboxylic acids is 1. The summed E-state index contributed by atoms with van der Waals surface area (Å²) < 4.78 is 5.54. The van der Waals surface area contributed by atoms with Gasteiger partial charge >= 0.3 is 0 Å². The molecule has 3 aromatic rings. The number of hydrogen-bond acceptors (Lipinski definition) is 5. The average molecular weight is 362 g/mol. The minimum absolute atomic E-state index is 0.269. The molecule has 0 aliphatic rings. The zero-order chi connectivity index (χ0) is 19.2. The highest BCUT2D eigenvalue weighted by Crippen LogP contribution is 2.25. The van der Waals surface area contributed by atoms with Gasteiger partial charge in [-0.05, 0) is 50.1 Å². The van der Waals surface area contributed by atoms with E-state index in [1.807, 2.05) is 57.2 Å². The van der Waals surface area contributed by atoms with Crippen LogP contribution in [0.2, 0.25) is 0 Å². The van der Waals surface area contributed by atoms with Gasteiger partial charge in [0.05, 0.1) is 12.3 Å². The molecule has 1 aromatic heterocycles. The molecule has 0 atom stereocenters. The Labute approximate surface area is 158 Å². The third-order valence-electron chi connectivity index (χ3n) is 4.04. The average Bonchev–Trinajstić information content (AvgIpc) is 2.67. The van der Waals surface area contributed by atoms with Gasteiger partial charge in [0.25, 0.3) is 5.91 Å². The second kappa shape index (κ2) is 8.31. The summed E-state index contributed by atoms with van der Waals surface area (Å²) in [7, 11) is 0. The van der Waals surface area contributed by atoms with Crippen LogP contribution < -0.4 is 15.4 Å². The molecular formula is C21H22N4O2. The Kier molecular flexibility index (Phi) is 5.66. The fourth-order valence-electron chi connectivity index (χ4n) is 2.71. The van der Waals surface area contributed by atoms with Gasteiger partial charge < -0.3 is 15.4 Å². The van der Waals surface area contributed by atoms with Gasteiger partial charge in [-0.15, -0.1) is 0 Å². The minimum atomic E-state index is -0.325. The van der Waals surface area contributed by atoms with Gasteiger partial charge in [0, 0.05) is 11.9 Å². The van der Waals surface area contributed by atoms with Crippen LogP contribution in [0.5, 0.6) is 5.75 Å². The van der Waals surface area contributed by atoms with Crippen molar-refractivity contribution in [3.05, 3.63) is 71.5 Å². The predicted molar refractivity (Wildman–Crippen MR) is 107 cm³/mol. The number of ether oxygens (including phenoxy) is 1. The van der Waals surface area contributed by atoms with E-state index in [4.69, 9.17) is 4.74 Å². The summed E-state index contributed by atoms with van der Waals surface area (Å²) in [5.41, 5.74) is 3.98. The van der Waals surface area contributed by atoms with Gasteiger partial charge in [-0.1, -0.05) is 30.3 Å². The molecule has 0 spiro atoms. The van der Waals surface area contributed by atoms with Crippen LogP contribution in [0, 0.1) is 13.8 Å². The first kappa shape index (κ1) is 18.4. The number of anilines is 3. The summed E-state index contributed by atoms with van der Waals surface area (Å²) in [6, 6.07) is 14.9. The second-order valence-electron chi connectivity index (χ2n) is 6.04. The zero-order valence-electron chi connectivity index (χ0n) is 15.6. The molecule has 0 radical (unpaired) electrons. The van der Waals surface area contributed by atoms with E-state index in [0.29, 0.717) is 24.0 Å². The second-order valence-corrected chi connectivity index (χ2v) is 6.04. The molecule has 1 amide bonds. The fourth-order valence-corrected chi connectivity index (χ4v) is 2.71. The highest BCUT2D eigenvalue weighted by Gasteiger charge is 2.13. The van der Waals surface area contributed by atoms with E-state index in [1.54, 1.807) is 18.3 Å². The third-order valence-corrected chi connectivity index (χ3v) is 4.04. The summed E-state index contributed by atoms with van der Waals surface area (Å²) >= 11 is 0. The number of para-hydroxylation sites is 3. The van der Waals surface area contributed by atoms with Gasteiger partial charge in [0.1, 0.15) is 11.4 Å². The Bertz CT molecular complexity index is 936. The number of carbonyl (C=O) groups is 1. The Morgan fingerprint density at radius 2 is 1.78 bits per heavy atom. The molecule has 0 saturated carbocycles. The number of nitrogens with one attached hydrogen (secondary N) is 2. The van der Waals surface area contributed by atoms with Crippen LogP contribution in [0.3, 0.4) is 0 Å². The molecule has 138 valence electrons. The maximum absolute atomic E-state index is 12.6. The lowest BCUT2D eigenvalue weighted by Gasteiger charge is -2.13. The van der Waals surface area contributed by atoms with Crippen molar-refractivity contribution in [2.24, 2.45) is 0 Å². The van der Waals surface area contributed by atoms with Crippen molar-refractivity contribution in [3.63, 3.8) is 0 Å². The third kappa shape index (κ3) is 4.41. The molecule has 6 heteroatoms. The quantitative estimate of drug-likeness (QED) is 0.676. The molecule has 2 N–H and O–H groups in total. The molecule has 3 rings (SSSR count). The first-order valence-corrected chi connectivity index (χ1v) is 8.78. The maximum Gasteiger partial charge on any atom is 0.274 e. The lowest BCUT2D eigenvalue weighted by Crippen LogP contribution is -2.15. The van der Waals surface area contributed by atoms with E-state index < -0.39 is 0 Å². The number of aromatic nitrogens is 2.